The number of imide groups is 1. The molecule has 0 radical (unpaired) electrons. The Kier molecular flexibility index (Phi) is 6.62. The maximum atomic E-state index is 11.9. The third-order valence-corrected chi connectivity index (χ3v) is 5.84. The first-order valence-electron chi connectivity index (χ1n) is 8.46. The summed E-state index contributed by atoms with van der Waals surface area (Å²) < 4.78 is 0.645. The average molecular weight is 414 g/mol. The molecule has 0 fully saturated rings. The molecule has 0 atom stereocenters. The Labute approximate surface area is 171 Å². The molecule has 0 unspecified atom stereocenters. The summed E-state index contributed by atoms with van der Waals surface area (Å²) in [5.74, 6) is -0.335. The highest BCUT2D eigenvalue weighted by Gasteiger charge is 2.12. The van der Waals surface area contributed by atoms with E-state index in [2.05, 4.69) is 39.1 Å². The molecule has 2 aromatic carbocycles. The second-order valence-electron chi connectivity index (χ2n) is 5.90. The van der Waals surface area contributed by atoms with Crippen LogP contribution in [-0.2, 0) is 4.79 Å². The summed E-state index contributed by atoms with van der Waals surface area (Å²) >= 11 is 2.58. The number of nitrogens with one attached hydrogen (secondary N) is 3. The van der Waals surface area contributed by atoms with E-state index in [-0.39, 0.29) is 5.75 Å². The summed E-state index contributed by atoms with van der Waals surface area (Å²) in [7, 11) is 0. The summed E-state index contributed by atoms with van der Waals surface area (Å²) in [5.41, 5.74) is 3.93. The lowest BCUT2D eigenvalue weighted by Gasteiger charge is -2.08. The van der Waals surface area contributed by atoms with Crippen LogP contribution in [0.5, 0.6) is 0 Å². The molecule has 0 spiro atoms. The van der Waals surface area contributed by atoms with Crippen molar-refractivity contribution in [3.05, 3.63) is 59.7 Å². The zero-order chi connectivity index (χ0) is 19.9. The van der Waals surface area contributed by atoms with E-state index in [0.717, 1.165) is 11.3 Å². The van der Waals surface area contributed by atoms with E-state index in [1.54, 1.807) is 24.3 Å². The molecule has 1 heterocycles. The number of hydrogen-bond acceptors (Lipinski definition) is 7. The Bertz CT molecular complexity index is 975. The molecule has 0 saturated heterocycles. The fourth-order valence-corrected chi connectivity index (χ4v) is 3.86. The predicted molar refractivity (Wildman–Crippen MR) is 113 cm³/mol. The molecule has 144 valence electrons. The Hall–Kier alpha value is -2.91. The molecule has 3 N–H and O–H groups in total. The van der Waals surface area contributed by atoms with Gasteiger partial charge in [-0.25, -0.2) is 4.79 Å². The van der Waals surface area contributed by atoms with Crippen molar-refractivity contribution in [2.45, 2.75) is 18.2 Å². The van der Waals surface area contributed by atoms with Crippen molar-refractivity contribution in [1.82, 2.24) is 15.5 Å². The van der Waals surface area contributed by atoms with Gasteiger partial charge in [0, 0.05) is 11.4 Å². The highest BCUT2D eigenvalue weighted by atomic mass is 32.2. The van der Waals surface area contributed by atoms with Gasteiger partial charge in [-0.15, -0.1) is 10.2 Å². The van der Waals surface area contributed by atoms with Gasteiger partial charge in [-0.05, 0) is 43.2 Å². The van der Waals surface area contributed by atoms with E-state index >= 15 is 0 Å². The monoisotopic (exact) mass is 413 g/mol. The van der Waals surface area contributed by atoms with Crippen LogP contribution in [0, 0.1) is 13.8 Å². The van der Waals surface area contributed by atoms with E-state index in [4.69, 9.17) is 0 Å². The second kappa shape index (κ2) is 9.34. The summed E-state index contributed by atoms with van der Waals surface area (Å²) in [5, 5.41) is 17.0. The Balaban J connectivity index is 1.48. The van der Waals surface area contributed by atoms with Crippen molar-refractivity contribution in [1.29, 1.82) is 0 Å². The number of benzene rings is 2. The first kappa shape index (κ1) is 19.8. The van der Waals surface area contributed by atoms with Crippen LogP contribution in [0.4, 0.5) is 21.3 Å². The van der Waals surface area contributed by atoms with E-state index < -0.39 is 11.9 Å². The highest BCUT2D eigenvalue weighted by molar-refractivity contribution is 8.01. The van der Waals surface area contributed by atoms with Crippen molar-refractivity contribution in [2.75, 3.05) is 16.4 Å². The number of urea groups is 1. The zero-order valence-electron chi connectivity index (χ0n) is 15.4. The molecule has 7 nitrogen and oxygen atoms in total. The molecular weight excluding hydrogens is 394 g/mol. The molecule has 3 amide bonds. The number of carbonyl (C=O) groups is 2. The van der Waals surface area contributed by atoms with Gasteiger partial charge in [0.05, 0.1) is 5.75 Å². The van der Waals surface area contributed by atoms with Gasteiger partial charge in [0.2, 0.25) is 11.0 Å². The Morgan fingerprint density at radius 1 is 1.04 bits per heavy atom. The standard InChI is InChI=1S/C19H19N5O2S2/c1-12-7-6-10-15(13(12)2)21-18-23-24-19(28-18)27-11-16(25)22-17(26)20-14-8-4-3-5-9-14/h3-10H,11H2,1-2H3,(H,21,23)(H2,20,22,25,26). The SMILES string of the molecule is Cc1cccc(Nc2nnc(SCC(=O)NC(=O)Nc3ccccc3)s2)c1C. The lowest BCUT2D eigenvalue weighted by molar-refractivity contribution is -0.117. The number of hydrogen-bond donors (Lipinski definition) is 3. The summed E-state index contributed by atoms with van der Waals surface area (Å²) in [6.07, 6.45) is 0. The predicted octanol–water partition coefficient (Wildman–Crippen LogP) is 4.34. The zero-order valence-corrected chi connectivity index (χ0v) is 17.0. The van der Waals surface area contributed by atoms with Crippen LogP contribution in [0.2, 0.25) is 0 Å². The fraction of sp³-hybridized carbons (Fsp3) is 0.158. The van der Waals surface area contributed by atoms with Gasteiger partial charge in [0.25, 0.3) is 0 Å². The van der Waals surface area contributed by atoms with Crippen LogP contribution in [0.3, 0.4) is 0 Å². The second-order valence-corrected chi connectivity index (χ2v) is 8.10. The van der Waals surface area contributed by atoms with E-state index in [1.165, 1.54) is 28.7 Å². The van der Waals surface area contributed by atoms with Gasteiger partial charge in [0.1, 0.15) is 0 Å². The van der Waals surface area contributed by atoms with Gasteiger partial charge < -0.3 is 10.6 Å². The maximum Gasteiger partial charge on any atom is 0.325 e. The molecule has 0 aliphatic carbocycles. The van der Waals surface area contributed by atoms with Gasteiger partial charge in [-0.2, -0.15) is 0 Å². The topological polar surface area (TPSA) is 96.0 Å². The number of anilines is 3. The largest absolute Gasteiger partial charge is 0.330 e. The van der Waals surface area contributed by atoms with Crippen molar-refractivity contribution in [3.63, 3.8) is 0 Å². The summed E-state index contributed by atoms with van der Waals surface area (Å²) in [6.45, 7) is 4.09. The Morgan fingerprint density at radius 2 is 1.82 bits per heavy atom. The van der Waals surface area contributed by atoms with Crippen molar-refractivity contribution in [2.24, 2.45) is 0 Å². The first-order valence-corrected chi connectivity index (χ1v) is 10.3. The molecule has 3 rings (SSSR count). The van der Waals surface area contributed by atoms with E-state index in [0.29, 0.717) is 15.2 Å². The number of aromatic nitrogens is 2. The number of nitrogens with zero attached hydrogens (tertiary/aromatic N) is 2. The van der Waals surface area contributed by atoms with Gasteiger partial charge in [-0.3, -0.25) is 10.1 Å². The molecule has 0 bridgehead atoms. The number of thioether (sulfide) groups is 1. The third kappa shape index (κ3) is 5.54. The molecule has 9 heteroatoms. The van der Waals surface area contributed by atoms with Crippen LogP contribution < -0.4 is 16.0 Å². The van der Waals surface area contributed by atoms with Crippen LogP contribution in [-0.4, -0.2) is 27.9 Å². The van der Waals surface area contributed by atoms with Crippen LogP contribution in [0.15, 0.2) is 52.9 Å². The molecule has 28 heavy (non-hydrogen) atoms. The molecule has 0 saturated carbocycles. The fourth-order valence-electron chi connectivity index (χ4n) is 2.29. The van der Waals surface area contributed by atoms with Crippen molar-refractivity contribution < 1.29 is 9.59 Å². The minimum Gasteiger partial charge on any atom is -0.330 e. The molecule has 1 aromatic heterocycles. The molecule has 3 aromatic rings. The lowest BCUT2D eigenvalue weighted by Crippen LogP contribution is -2.35. The quantitative estimate of drug-likeness (QED) is 0.520. The van der Waals surface area contributed by atoms with Gasteiger partial charge >= 0.3 is 6.03 Å². The molecule has 0 aliphatic heterocycles. The number of amides is 3. The molecular formula is C19H19N5O2S2. The summed E-state index contributed by atoms with van der Waals surface area (Å²) in [4.78, 5) is 23.8. The lowest BCUT2D eigenvalue weighted by atomic mass is 10.1. The van der Waals surface area contributed by atoms with E-state index in [1.807, 2.05) is 25.1 Å². The smallest absolute Gasteiger partial charge is 0.325 e. The minimum atomic E-state index is -0.564. The normalized spacial score (nSPS) is 10.4. The van der Waals surface area contributed by atoms with Crippen molar-refractivity contribution >= 4 is 51.5 Å². The number of rotatable bonds is 6. The van der Waals surface area contributed by atoms with Crippen LogP contribution in [0.25, 0.3) is 0 Å². The van der Waals surface area contributed by atoms with E-state index in [9.17, 15) is 9.59 Å². The number of carbonyl (C=O) groups excluding carboxylic acids is 2. The summed E-state index contributed by atoms with van der Waals surface area (Å²) in [6, 6.07) is 14.4. The van der Waals surface area contributed by atoms with Crippen LogP contribution in [0.1, 0.15) is 11.1 Å². The minimum absolute atomic E-state index is 0.0698. The Morgan fingerprint density at radius 3 is 2.61 bits per heavy atom. The highest BCUT2D eigenvalue weighted by Crippen LogP contribution is 2.29. The molecule has 0 aliphatic rings. The third-order valence-electron chi connectivity index (χ3n) is 3.86. The maximum absolute atomic E-state index is 11.9. The van der Waals surface area contributed by atoms with Crippen LogP contribution >= 0.6 is 23.1 Å². The number of para-hydroxylation sites is 1. The number of aryl methyl sites for hydroxylation is 1. The van der Waals surface area contributed by atoms with Crippen molar-refractivity contribution in [3.8, 4) is 0 Å². The van der Waals surface area contributed by atoms with Gasteiger partial charge in [0.15, 0.2) is 4.34 Å². The first-order chi connectivity index (χ1) is 13.5. The average Bonchev–Trinajstić information content (AvgIpc) is 3.12. The van der Waals surface area contributed by atoms with Gasteiger partial charge in [-0.1, -0.05) is 53.4 Å².